The molecule has 0 aliphatic heterocycles. The number of carbonyl (C=O) groups excluding carboxylic acids is 1. The minimum Gasteiger partial charge on any atom is -0.428 e. The van der Waals surface area contributed by atoms with Gasteiger partial charge in [0.05, 0.1) is 40.1 Å². The van der Waals surface area contributed by atoms with Crippen molar-refractivity contribution in [2.24, 2.45) is 0 Å². The van der Waals surface area contributed by atoms with Crippen LogP contribution in [0.5, 0.6) is 5.75 Å². The highest BCUT2D eigenvalue weighted by Gasteiger charge is 2.36. The topological polar surface area (TPSA) is 96.5 Å². The second-order valence-electron chi connectivity index (χ2n) is 5.17. The van der Waals surface area contributed by atoms with Crippen LogP contribution >= 0.6 is 0 Å². The van der Waals surface area contributed by atoms with Crippen LogP contribution in [0.15, 0.2) is 30.6 Å². The third-order valence-corrected chi connectivity index (χ3v) is 3.73. The Labute approximate surface area is 136 Å². The van der Waals surface area contributed by atoms with Crippen molar-refractivity contribution in [1.82, 2.24) is 25.4 Å². The van der Waals surface area contributed by atoms with Crippen molar-refractivity contribution in [3.05, 3.63) is 36.3 Å². The van der Waals surface area contributed by atoms with E-state index in [0.29, 0.717) is 21.8 Å². The number of halogens is 3. The first kappa shape index (κ1) is 15.1. The van der Waals surface area contributed by atoms with E-state index in [4.69, 9.17) is 4.74 Å². The monoisotopic (exact) mass is 347 g/mol. The molecule has 0 aliphatic carbocycles. The number of nitrogens with zero attached hydrogens (tertiary/aromatic N) is 3. The molecule has 0 spiro atoms. The summed E-state index contributed by atoms with van der Waals surface area (Å²) in [6.07, 6.45) is -2.07. The molecule has 0 bridgehead atoms. The lowest BCUT2D eigenvalue weighted by Crippen LogP contribution is -2.07. The molecule has 0 aliphatic rings. The number of pyridine rings is 1. The van der Waals surface area contributed by atoms with E-state index in [0.717, 1.165) is 6.20 Å². The summed E-state index contributed by atoms with van der Waals surface area (Å²) >= 11 is 0. The van der Waals surface area contributed by atoms with Crippen LogP contribution in [-0.2, 0) is 11.0 Å². The van der Waals surface area contributed by atoms with Gasteiger partial charge in [0.15, 0.2) is 0 Å². The van der Waals surface area contributed by atoms with Crippen molar-refractivity contribution < 1.29 is 22.7 Å². The zero-order valence-corrected chi connectivity index (χ0v) is 12.3. The Bertz CT molecular complexity index is 1100. The van der Waals surface area contributed by atoms with E-state index in [-0.39, 0.29) is 23.5 Å². The summed E-state index contributed by atoms with van der Waals surface area (Å²) in [6, 6.07) is 4.56. The molecule has 0 fully saturated rings. The third kappa shape index (κ3) is 2.38. The molecule has 126 valence electrons. The molecule has 10 heteroatoms. The van der Waals surface area contributed by atoms with Gasteiger partial charge in [0, 0.05) is 11.5 Å². The quantitative estimate of drug-likeness (QED) is 0.555. The molecule has 25 heavy (non-hydrogen) atoms. The summed E-state index contributed by atoms with van der Waals surface area (Å²) in [5, 5.41) is 13.2. The Kier molecular flexibility index (Phi) is 3.20. The van der Waals surface area contributed by atoms with Gasteiger partial charge in [0.25, 0.3) is 6.47 Å². The number of carbonyl (C=O) groups is 1. The van der Waals surface area contributed by atoms with Gasteiger partial charge in [-0.2, -0.15) is 23.4 Å². The number of ether oxygens (including phenoxy) is 1. The molecule has 3 aromatic heterocycles. The van der Waals surface area contributed by atoms with E-state index in [2.05, 4.69) is 20.3 Å². The normalized spacial score (nSPS) is 12.0. The van der Waals surface area contributed by atoms with Crippen molar-refractivity contribution >= 4 is 28.3 Å². The van der Waals surface area contributed by atoms with Crippen LogP contribution in [0.25, 0.3) is 33.1 Å². The number of alkyl halides is 3. The predicted octanol–water partition coefficient (Wildman–Crippen LogP) is 3.06. The standard InChI is InChI=1S/C15H8F3N5O2/c16-15(17,18)14-8(5-20-23-14)11-3-12(25-6-24)13-7-4-19-22-9(7)1-2-10(13)21-11/h1-6H,(H,19,22)(H,20,23). The van der Waals surface area contributed by atoms with Crippen LogP contribution in [-0.4, -0.2) is 31.9 Å². The van der Waals surface area contributed by atoms with Crippen LogP contribution < -0.4 is 4.74 Å². The van der Waals surface area contributed by atoms with E-state index >= 15 is 0 Å². The van der Waals surface area contributed by atoms with Crippen LogP contribution in [0.2, 0.25) is 0 Å². The molecule has 0 saturated carbocycles. The van der Waals surface area contributed by atoms with Crippen molar-refractivity contribution in [3.63, 3.8) is 0 Å². The van der Waals surface area contributed by atoms with Gasteiger partial charge >= 0.3 is 6.18 Å². The van der Waals surface area contributed by atoms with E-state index in [9.17, 15) is 18.0 Å². The molecule has 0 saturated heterocycles. The Balaban J connectivity index is 2.02. The lowest BCUT2D eigenvalue weighted by molar-refractivity contribution is -0.140. The van der Waals surface area contributed by atoms with Crippen LogP contribution in [0.3, 0.4) is 0 Å². The first-order valence-electron chi connectivity index (χ1n) is 6.97. The Morgan fingerprint density at radius 1 is 1.12 bits per heavy atom. The second-order valence-corrected chi connectivity index (χ2v) is 5.17. The van der Waals surface area contributed by atoms with Gasteiger partial charge in [-0.15, -0.1) is 0 Å². The molecule has 0 unspecified atom stereocenters. The number of nitrogens with one attached hydrogen (secondary N) is 2. The molecule has 4 aromatic rings. The maximum atomic E-state index is 13.1. The fourth-order valence-corrected chi connectivity index (χ4v) is 2.70. The maximum Gasteiger partial charge on any atom is 0.433 e. The minimum atomic E-state index is -4.62. The van der Waals surface area contributed by atoms with Gasteiger partial charge in [-0.1, -0.05) is 0 Å². The zero-order chi connectivity index (χ0) is 17.6. The molecular formula is C15H8F3N5O2. The fraction of sp³-hybridized carbons (Fsp3) is 0.0667. The smallest absolute Gasteiger partial charge is 0.428 e. The summed E-state index contributed by atoms with van der Waals surface area (Å²) in [7, 11) is 0. The third-order valence-electron chi connectivity index (χ3n) is 3.73. The molecule has 2 N–H and O–H groups in total. The molecule has 0 amide bonds. The summed E-state index contributed by atoms with van der Waals surface area (Å²) in [6.45, 7) is 0.206. The van der Waals surface area contributed by atoms with Crippen molar-refractivity contribution in [3.8, 4) is 17.0 Å². The average molecular weight is 347 g/mol. The van der Waals surface area contributed by atoms with Gasteiger partial charge in [-0.25, -0.2) is 4.98 Å². The van der Waals surface area contributed by atoms with Gasteiger partial charge < -0.3 is 4.74 Å². The highest BCUT2D eigenvalue weighted by Crippen LogP contribution is 2.38. The number of fused-ring (bicyclic) bond motifs is 3. The zero-order valence-electron chi connectivity index (χ0n) is 12.3. The molecule has 4 rings (SSSR count). The van der Waals surface area contributed by atoms with Gasteiger partial charge in [0.2, 0.25) is 0 Å². The van der Waals surface area contributed by atoms with Gasteiger partial charge in [-0.3, -0.25) is 15.0 Å². The molecule has 0 atom stereocenters. The lowest BCUT2D eigenvalue weighted by Gasteiger charge is -2.10. The Hall–Kier alpha value is -3.43. The number of aromatic nitrogens is 5. The first-order chi connectivity index (χ1) is 12.0. The number of rotatable bonds is 3. The maximum absolute atomic E-state index is 13.1. The molecule has 3 heterocycles. The average Bonchev–Trinajstić information content (AvgIpc) is 3.23. The van der Waals surface area contributed by atoms with Gasteiger partial charge in [-0.05, 0) is 12.1 Å². The highest BCUT2D eigenvalue weighted by atomic mass is 19.4. The number of hydrogen-bond acceptors (Lipinski definition) is 5. The fourth-order valence-electron chi connectivity index (χ4n) is 2.70. The first-order valence-corrected chi connectivity index (χ1v) is 6.97. The van der Waals surface area contributed by atoms with Crippen molar-refractivity contribution in [2.75, 3.05) is 0 Å². The van der Waals surface area contributed by atoms with Crippen LogP contribution in [0, 0.1) is 0 Å². The second kappa shape index (κ2) is 5.30. The SMILES string of the molecule is O=COc1cc(-c2cn[nH]c2C(F)(F)F)nc2ccc3[nH]ncc3c12. The molecular weight excluding hydrogens is 339 g/mol. The number of H-pyrrole nitrogens is 2. The summed E-state index contributed by atoms with van der Waals surface area (Å²) in [5.74, 6) is 0.0799. The van der Waals surface area contributed by atoms with Crippen LogP contribution in [0.1, 0.15) is 5.69 Å². The van der Waals surface area contributed by atoms with Gasteiger partial charge in [0.1, 0.15) is 11.4 Å². The number of benzene rings is 1. The van der Waals surface area contributed by atoms with Crippen molar-refractivity contribution in [1.29, 1.82) is 0 Å². The summed E-state index contributed by atoms with van der Waals surface area (Å²) < 4.78 is 44.3. The number of hydrogen-bond donors (Lipinski definition) is 2. The van der Waals surface area contributed by atoms with E-state index < -0.39 is 11.9 Å². The number of aromatic amines is 2. The molecule has 0 radical (unpaired) electrons. The lowest BCUT2D eigenvalue weighted by atomic mass is 10.1. The van der Waals surface area contributed by atoms with Crippen LogP contribution in [0.4, 0.5) is 13.2 Å². The Morgan fingerprint density at radius 2 is 1.92 bits per heavy atom. The van der Waals surface area contributed by atoms with Crippen molar-refractivity contribution in [2.45, 2.75) is 6.18 Å². The summed E-state index contributed by atoms with van der Waals surface area (Å²) in [5.41, 5.74) is -0.249. The Morgan fingerprint density at radius 3 is 2.68 bits per heavy atom. The predicted molar refractivity (Wildman–Crippen MR) is 80.7 cm³/mol. The van der Waals surface area contributed by atoms with E-state index in [1.807, 2.05) is 5.10 Å². The largest absolute Gasteiger partial charge is 0.433 e. The molecule has 7 nitrogen and oxygen atoms in total. The minimum absolute atomic E-state index is 0.0201. The summed E-state index contributed by atoms with van der Waals surface area (Å²) in [4.78, 5) is 15.1. The highest BCUT2D eigenvalue weighted by molar-refractivity contribution is 6.08. The van der Waals surface area contributed by atoms with E-state index in [1.165, 1.54) is 12.3 Å². The van der Waals surface area contributed by atoms with E-state index in [1.54, 1.807) is 12.1 Å². The molecule has 1 aromatic carbocycles.